The molecule has 2 nitrogen and oxygen atoms in total. The van der Waals surface area contributed by atoms with E-state index in [-0.39, 0.29) is 5.41 Å². The highest BCUT2D eigenvalue weighted by molar-refractivity contribution is 7.13. The number of carbonyl (C=O) groups is 1. The Morgan fingerprint density at radius 3 is 2.81 bits per heavy atom. The third-order valence-corrected chi connectivity index (χ3v) is 4.60. The van der Waals surface area contributed by atoms with Gasteiger partial charge in [-0.05, 0) is 30.6 Å². The molecule has 86 valence electrons. The Kier molecular flexibility index (Phi) is 2.22. The first-order valence-electron chi connectivity index (χ1n) is 6.05. The molecule has 3 heteroatoms. The number of hydrogen-bond donors (Lipinski definition) is 0. The fourth-order valence-electron chi connectivity index (χ4n) is 2.43. The zero-order chi connectivity index (χ0) is 11.3. The molecule has 16 heavy (non-hydrogen) atoms. The minimum absolute atomic E-state index is 0.106. The Balaban J connectivity index is 1.90. The van der Waals surface area contributed by atoms with Crippen molar-refractivity contribution in [1.29, 1.82) is 0 Å². The summed E-state index contributed by atoms with van der Waals surface area (Å²) in [5.41, 5.74) is 1.18. The molecule has 0 atom stereocenters. The number of hydrogen-bond acceptors (Lipinski definition) is 3. The molecule has 0 saturated heterocycles. The highest BCUT2D eigenvalue weighted by Crippen LogP contribution is 2.39. The second-order valence-electron chi connectivity index (χ2n) is 5.97. The number of fused-ring (bicyclic) bond motifs is 1. The average Bonchev–Trinajstić information content (AvgIpc) is 2.84. The van der Waals surface area contributed by atoms with Crippen LogP contribution in [0.25, 0.3) is 0 Å². The molecule has 2 aliphatic carbocycles. The predicted octanol–water partition coefficient (Wildman–Crippen LogP) is 3.25. The summed E-state index contributed by atoms with van der Waals surface area (Å²) in [5.74, 6) is 1.17. The number of aromatic nitrogens is 1. The van der Waals surface area contributed by atoms with Crippen LogP contribution in [0.1, 0.15) is 53.5 Å². The standard InChI is InChI=1S/C13H17NOS/c1-13(2)6-9-12(10(15)7-13)16-11(14-9)5-8-3-4-8/h8H,3-7H2,1-2H3. The summed E-state index contributed by atoms with van der Waals surface area (Å²) in [6.45, 7) is 4.32. The van der Waals surface area contributed by atoms with Gasteiger partial charge in [0.2, 0.25) is 0 Å². The molecule has 0 N–H and O–H groups in total. The van der Waals surface area contributed by atoms with Crippen molar-refractivity contribution in [3.63, 3.8) is 0 Å². The van der Waals surface area contributed by atoms with E-state index in [1.165, 1.54) is 17.8 Å². The van der Waals surface area contributed by atoms with E-state index in [0.717, 1.165) is 29.3 Å². The highest BCUT2D eigenvalue weighted by atomic mass is 32.1. The number of ketones is 1. The predicted molar refractivity (Wildman–Crippen MR) is 65.0 cm³/mol. The SMILES string of the molecule is CC1(C)CC(=O)c2sc(CC3CC3)nc2C1. The Hall–Kier alpha value is -0.700. The van der Waals surface area contributed by atoms with Crippen LogP contribution in [0.3, 0.4) is 0 Å². The number of Topliss-reactive ketones (excluding diaryl/α,β-unsaturated/α-hetero) is 1. The molecule has 3 rings (SSSR count). The number of thiazole rings is 1. The molecule has 1 aromatic rings. The first-order chi connectivity index (χ1) is 7.53. The fourth-order valence-corrected chi connectivity index (χ4v) is 3.56. The molecule has 0 spiro atoms. The van der Waals surface area contributed by atoms with Gasteiger partial charge >= 0.3 is 0 Å². The first kappa shape index (κ1) is 10.5. The summed E-state index contributed by atoms with van der Waals surface area (Å²) in [6.07, 6.45) is 5.46. The van der Waals surface area contributed by atoms with Crippen LogP contribution < -0.4 is 0 Å². The summed E-state index contributed by atoms with van der Waals surface area (Å²) in [5, 5.41) is 1.19. The van der Waals surface area contributed by atoms with Crippen LogP contribution in [0.5, 0.6) is 0 Å². The van der Waals surface area contributed by atoms with Gasteiger partial charge in [-0.3, -0.25) is 4.79 Å². The summed E-state index contributed by atoms with van der Waals surface area (Å²) in [4.78, 5) is 17.6. The molecule has 2 aliphatic rings. The van der Waals surface area contributed by atoms with Gasteiger partial charge < -0.3 is 0 Å². The third kappa shape index (κ3) is 1.93. The lowest BCUT2D eigenvalue weighted by Gasteiger charge is -2.26. The van der Waals surface area contributed by atoms with Crippen molar-refractivity contribution in [1.82, 2.24) is 4.98 Å². The fraction of sp³-hybridized carbons (Fsp3) is 0.692. The number of carbonyl (C=O) groups excluding carboxylic acids is 1. The van der Waals surface area contributed by atoms with Crippen LogP contribution >= 0.6 is 11.3 Å². The van der Waals surface area contributed by atoms with E-state index in [9.17, 15) is 4.79 Å². The normalized spacial score (nSPS) is 23.2. The number of rotatable bonds is 2. The van der Waals surface area contributed by atoms with E-state index in [1.807, 2.05) is 0 Å². The molecule has 1 fully saturated rings. The van der Waals surface area contributed by atoms with E-state index >= 15 is 0 Å². The molecular formula is C13H17NOS. The van der Waals surface area contributed by atoms with Gasteiger partial charge in [0, 0.05) is 12.8 Å². The van der Waals surface area contributed by atoms with Crippen LogP contribution in [0, 0.1) is 11.3 Å². The molecule has 0 aliphatic heterocycles. The van der Waals surface area contributed by atoms with Gasteiger partial charge in [-0.1, -0.05) is 13.8 Å². The number of nitrogens with zero attached hydrogens (tertiary/aromatic N) is 1. The van der Waals surface area contributed by atoms with Gasteiger partial charge in [0.15, 0.2) is 5.78 Å². The van der Waals surface area contributed by atoms with Crippen molar-refractivity contribution in [2.24, 2.45) is 11.3 Å². The highest BCUT2D eigenvalue weighted by Gasteiger charge is 2.34. The molecule has 1 aromatic heterocycles. The lowest BCUT2D eigenvalue weighted by atomic mass is 9.78. The lowest BCUT2D eigenvalue weighted by Crippen LogP contribution is -2.26. The van der Waals surface area contributed by atoms with Crippen LogP contribution in [-0.4, -0.2) is 10.8 Å². The summed E-state index contributed by atoms with van der Waals surface area (Å²) in [7, 11) is 0. The second kappa shape index (κ2) is 3.39. The Morgan fingerprint density at radius 1 is 1.38 bits per heavy atom. The maximum Gasteiger partial charge on any atom is 0.175 e. The average molecular weight is 235 g/mol. The maximum absolute atomic E-state index is 12.0. The molecule has 0 radical (unpaired) electrons. The van der Waals surface area contributed by atoms with Gasteiger partial charge in [-0.25, -0.2) is 4.98 Å². The molecule has 0 bridgehead atoms. The van der Waals surface area contributed by atoms with E-state index in [2.05, 4.69) is 18.8 Å². The van der Waals surface area contributed by atoms with E-state index in [0.29, 0.717) is 12.2 Å². The third-order valence-electron chi connectivity index (χ3n) is 3.44. The summed E-state index contributed by atoms with van der Waals surface area (Å²) >= 11 is 1.65. The minimum Gasteiger partial charge on any atom is -0.293 e. The summed E-state index contributed by atoms with van der Waals surface area (Å²) in [6, 6.07) is 0. The van der Waals surface area contributed by atoms with E-state index in [1.54, 1.807) is 11.3 Å². The maximum atomic E-state index is 12.0. The first-order valence-corrected chi connectivity index (χ1v) is 6.87. The molecule has 1 heterocycles. The van der Waals surface area contributed by atoms with Gasteiger partial charge in [0.05, 0.1) is 15.6 Å². The monoisotopic (exact) mass is 235 g/mol. The molecule has 0 amide bonds. The Morgan fingerprint density at radius 2 is 2.12 bits per heavy atom. The quantitative estimate of drug-likeness (QED) is 0.787. The Labute approximate surface area is 100 Å². The van der Waals surface area contributed by atoms with Crippen LogP contribution in [0.2, 0.25) is 0 Å². The van der Waals surface area contributed by atoms with E-state index in [4.69, 9.17) is 0 Å². The molecular weight excluding hydrogens is 218 g/mol. The van der Waals surface area contributed by atoms with Gasteiger partial charge in [0.25, 0.3) is 0 Å². The van der Waals surface area contributed by atoms with Gasteiger partial charge in [0.1, 0.15) is 0 Å². The largest absolute Gasteiger partial charge is 0.293 e. The minimum atomic E-state index is 0.106. The van der Waals surface area contributed by atoms with Crippen molar-refractivity contribution < 1.29 is 4.79 Å². The van der Waals surface area contributed by atoms with Crippen LogP contribution in [0.15, 0.2) is 0 Å². The van der Waals surface area contributed by atoms with Gasteiger partial charge in [-0.2, -0.15) is 0 Å². The molecule has 0 aromatic carbocycles. The summed E-state index contributed by atoms with van der Waals surface area (Å²) < 4.78 is 0. The van der Waals surface area contributed by atoms with Gasteiger partial charge in [-0.15, -0.1) is 11.3 Å². The van der Waals surface area contributed by atoms with Crippen molar-refractivity contribution in [3.05, 3.63) is 15.6 Å². The topological polar surface area (TPSA) is 30.0 Å². The van der Waals surface area contributed by atoms with Crippen molar-refractivity contribution in [2.45, 2.75) is 46.0 Å². The molecule has 0 unspecified atom stereocenters. The lowest BCUT2D eigenvalue weighted by molar-refractivity contribution is 0.0916. The smallest absolute Gasteiger partial charge is 0.175 e. The second-order valence-corrected chi connectivity index (χ2v) is 7.06. The molecule has 1 saturated carbocycles. The van der Waals surface area contributed by atoms with E-state index < -0.39 is 0 Å². The van der Waals surface area contributed by atoms with Crippen molar-refractivity contribution in [2.75, 3.05) is 0 Å². The zero-order valence-electron chi connectivity index (χ0n) is 9.88. The van der Waals surface area contributed by atoms with Crippen molar-refractivity contribution in [3.8, 4) is 0 Å². The zero-order valence-corrected chi connectivity index (χ0v) is 10.7. The van der Waals surface area contributed by atoms with Crippen LogP contribution in [-0.2, 0) is 12.8 Å². The van der Waals surface area contributed by atoms with Crippen LogP contribution in [0.4, 0.5) is 0 Å². The van der Waals surface area contributed by atoms with Crippen molar-refractivity contribution >= 4 is 17.1 Å². The Bertz CT molecular complexity index is 443.